The van der Waals surface area contributed by atoms with E-state index in [2.05, 4.69) is 10.6 Å². The van der Waals surface area contributed by atoms with E-state index in [0.29, 0.717) is 25.2 Å². The van der Waals surface area contributed by atoms with Crippen molar-refractivity contribution in [3.8, 4) is 0 Å². The van der Waals surface area contributed by atoms with E-state index in [-0.39, 0.29) is 35.6 Å². The largest absolute Gasteiger partial charge is 0.352 e. The molecule has 2 N–H and O–H groups in total. The van der Waals surface area contributed by atoms with Gasteiger partial charge in [0.2, 0.25) is 11.8 Å². The maximum Gasteiger partial charge on any atom is 0.251 e. The number of likely N-dealkylation sites (tertiary alicyclic amines) is 1. The predicted molar refractivity (Wildman–Crippen MR) is 108 cm³/mol. The van der Waals surface area contributed by atoms with Crippen LogP contribution in [0.15, 0.2) is 24.3 Å². The van der Waals surface area contributed by atoms with E-state index in [1.165, 1.54) is 0 Å². The maximum atomic E-state index is 12.5. The maximum absolute atomic E-state index is 12.5. The number of carbonyl (C=O) groups excluding carboxylic acids is 3. The van der Waals surface area contributed by atoms with Crippen molar-refractivity contribution in [2.45, 2.75) is 58.5 Å². The van der Waals surface area contributed by atoms with Crippen molar-refractivity contribution in [2.75, 3.05) is 13.1 Å². The second-order valence-electron chi connectivity index (χ2n) is 8.07. The molecule has 1 heterocycles. The molecule has 0 radical (unpaired) electrons. The summed E-state index contributed by atoms with van der Waals surface area (Å²) in [6.07, 6.45) is 4.37. The highest BCUT2D eigenvalue weighted by molar-refractivity contribution is 5.94. The summed E-state index contributed by atoms with van der Waals surface area (Å²) in [5.41, 5.74) is 1.52. The first-order valence-corrected chi connectivity index (χ1v) is 10.4. The molecule has 28 heavy (non-hydrogen) atoms. The Hall–Kier alpha value is -2.37. The van der Waals surface area contributed by atoms with Crippen molar-refractivity contribution in [1.29, 1.82) is 0 Å². The van der Waals surface area contributed by atoms with Gasteiger partial charge in [0, 0.05) is 43.1 Å². The van der Waals surface area contributed by atoms with Crippen molar-refractivity contribution in [1.82, 2.24) is 15.5 Å². The lowest BCUT2D eigenvalue weighted by molar-refractivity contribution is -0.136. The molecule has 1 aromatic carbocycles. The Kier molecular flexibility index (Phi) is 6.70. The number of amides is 3. The van der Waals surface area contributed by atoms with E-state index in [4.69, 9.17) is 0 Å². The summed E-state index contributed by atoms with van der Waals surface area (Å²) in [6.45, 7) is 5.77. The van der Waals surface area contributed by atoms with E-state index in [0.717, 1.165) is 37.7 Å². The average Bonchev–Trinajstić information content (AvgIpc) is 3.57. The third-order valence-electron chi connectivity index (χ3n) is 5.75. The van der Waals surface area contributed by atoms with Gasteiger partial charge in [-0.25, -0.2) is 0 Å². The number of rotatable bonds is 7. The van der Waals surface area contributed by atoms with Gasteiger partial charge in [-0.05, 0) is 56.7 Å². The normalized spacial score (nSPS) is 18.4. The molecule has 1 saturated carbocycles. The van der Waals surface area contributed by atoms with Gasteiger partial charge in [0.1, 0.15) is 0 Å². The number of nitrogens with zero attached hydrogens (tertiary/aromatic N) is 1. The van der Waals surface area contributed by atoms with Crippen LogP contribution in [0.5, 0.6) is 0 Å². The van der Waals surface area contributed by atoms with E-state index in [1.807, 2.05) is 36.9 Å². The van der Waals surface area contributed by atoms with Crippen LogP contribution in [-0.2, 0) is 16.1 Å². The number of benzene rings is 1. The highest BCUT2D eigenvalue weighted by Crippen LogP contribution is 2.32. The van der Waals surface area contributed by atoms with Crippen LogP contribution in [0.3, 0.4) is 0 Å². The van der Waals surface area contributed by atoms with E-state index < -0.39 is 0 Å². The number of hydrogen-bond donors (Lipinski definition) is 2. The summed E-state index contributed by atoms with van der Waals surface area (Å²) in [6, 6.07) is 7.50. The van der Waals surface area contributed by atoms with Crippen LogP contribution in [0.2, 0.25) is 0 Å². The minimum atomic E-state index is -0.0878. The van der Waals surface area contributed by atoms with Gasteiger partial charge >= 0.3 is 0 Å². The Balaban J connectivity index is 1.46. The fourth-order valence-electron chi connectivity index (χ4n) is 3.52. The molecule has 6 heteroatoms. The monoisotopic (exact) mass is 385 g/mol. The third kappa shape index (κ3) is 5.33. The standard InChI is InChI=1S/C22H31N3O3/c1-3-15(2)24-21(27)19-6-4-5-16(13-19)14-23-20(26)17-9-11-25(12-10-17)22(28)18-7-8-18/h4-6,13,15,17-18H,3,7-12,14H2,1-2H3,(H,23,26)(H,24,27)/t15-/m1/s1. The van der Waals surface area contributed by atoms with Crippen LogP contribution in [-0.4, -0.2) is 41.8 Å². The van der Waals surface area contributed by atoms with Crippen LogP contribution in [0.1, 0.15) is 61.9 Å². The SMILES string of the molecule is CC[C@@H](C)NC(=O)c1cccc(CNC(=O)C2CCN(C(=O)C3CC3)CC2)c1. The molecule has 1 aromatic rings. The number of piperidine rings is 1. The minimum Gasteiger partial charge on any atom is -0.352 e. The molecule has 2 aliphatic rings. The van der Waals surface area contributed by atoms with Gasteiger partial charge in [-0.3, -0.25) is 14.4 Å². The molecular formula is C22H31N3O3. The number of hydrogen-bond acceptors (Lipinski definition) is 3. The number of carbonyl (C=O) groups is 3. The van der Waals surface area contributed by atoms with Crippen molar-refractivity contribution < 1.29 is 14.4 Å². The van der Waals surface area contributed by atoms with Crippen molar-refractivity contribution in [3.05, 3.63) is 35.4 Å². The van der Waals surface area contributed by atoms with Gasteiger partial charge in [-0.15, -0.1) is 0 Å². The van der Waals surface area contributed by atoms with Crippen LogP contribution in [0.25, 0.3) is 0 Å². The summed E-state index contributed by atoms with van der Waals surface area (Å²) in [7, 11) is 0. The van der Waals surface area contributed by atoms with Crippen LogP contribution < -0.4 is 10.6 Å². The van der Waals surface area contributed by atoms with Gasteiger partial charge in [-0.1, -0.05) is 19.1 Å². The summed E-state index contributed by atoms with van der Waals surface area (Å²) < 4.78 is 0. The Morgan fingerprint density at radius 2 is 1.82 bits per heavy atom. The molecule has 2 fully saturated rings. The molecule has 3 rings (SSSR count). The zero-order valence-corrected chi connectivity index (χ0v) is 16.9. The Bertz CT molecular complexity index is 721. The first kappa shape index (κ1) is 20.4. The summed E-state index contributed by atoms with van der Waals surface area (Å²) in [5, 5.41) is 5.95. The molecule has 1 atom stereocenters. The molecule has 1 aliphatic carbocycles. The van der Waals surface area contributed by atoms with Gasteiger partial charge in [0.15, 0.2) is 0 Å². The predicted octanol–water partition coefficient (Wildman–Crippen LogP) is 2.48. The van der Waals surface area contributed by atoms with Gasteiger partial charge in [0.25, 0.3) is 5.91 Å². The molecule has 1 saturated heterocycles. The average molecular weight is 386 g/mol. The molecule has 1 aliphatic heterocycles. The molecule has 0 unspecified atom stereocenters. The highest BCUT2D eigenvalue weighted by atomic mass is 16.2. The van der Waals surface area contributed by atoms with Crippen LogP contribution in [0.4, 0.5) is 0 Å². The van der Waals surface area contributed by atoms with Crippen LogP contribution >= 0.6 is 0 Å². The summed E-state index contributed by atoms with van der Waals surface area (Å²) >= 11 is 0. The van der Waals surface area contributed by atoms with Crippen molar-refractivity contribution >= 4 is 17.7 Å². The van der Waals surface area contributed by atoms with E-state index >= 15 is 0 Å². The molecular weight excluding hydrogens is 354 g/mol. The third-order valence-corrected chi connectivity index (χ3v) is 5.75. The summed E-state index contributed by atoms with van der Waals surface area (Å²) in [5.74, 6) is 0.421. The van der Waals surface area contributed by atoms with E-state index in [9.17, 15) is 14.4 Å². The fraction of sp³-hybridized carbons (Fsp3) is 0.591. The van der Waals surface area contributed by atoms with E-state index in [1.54, 1.807) is 6.07 Å². The molecule has 6 nitrogen and oxygen atoms in total. The molecule has 0 aromatic heterocycles. The minimum absolute atomic E-state index is 0.0352. The molecule has 3 amide bonds. The van der Waals surface area contributed by atoms with Crippen LogP contribution in [0, 0.1) is 11.8 Å². The van der Waals surface area contributed by atoms with Gasteiger partial charge < -0.3 is 15.5 Å². The summed E-state index contributed by atoms with van der Waals surface area (Å²) in [4.78, 5) is 38.8. The molecule has 152 valence electrons. The van der Waals surface area contributed by atoms with Gasteiger partial charge in [-0.2, -0.15) is 0 Å². The fourth-order valence-corrected chi connectivity index (χ4v) is 3.52. The lowest BCUT2D eigenvalue weighted by atomic mass is 9.95. The Morgan fingerprint density at radius 3 is 2.46 bits per heavy atom. The molecule has 0 bridgehead atoms. The first-order valence-electron chi connectivity index (χ1n) is 10.4. The van der Waals surface area contributed by atoms with Gasteiger partial charge in [0.05, 0.1) is 0 Å². The van der Waals surface area contributed by atoms with Crippen molar-refractivity contribution in [3.63, 3.8) is 0 Å². The Morgan fingerprint density at radius 1 is 1.11 bits per heavy atom. The first-order chi connectivity index (χ1) is 13.5. The smallest absolute Gasteiger partial charge is 0.251 e. The highest BCUT2D eigenvalue weighted by Gasteiger charge is 2.35. The zero-order valence-electron chi connectivity index (χ0n) is 16.9. The second kappa shape index (κ2) is 9.22. The topological polar surface area (TPSA) is 78.5 Å². The second-order valence-corrected chi connectivity index (χ2v) is 8.07. The lowest BCUT2D eigenvalue weighted by Gasteiger charge is -2.31. The quantitative estimate of drug-likeness (QED) is 0.757. The van der Waals surface area contributed by atoms with Crippen molar-refractivity contribution in [2.24, 2.45) is 11.8 Å². The molecule has 0 spiro atoms. The number of nitrogens with one attached hydrogen (secondary N) is 2. The zero-order chi connectivity index (χ0) is 20.1. The Labute approximate surface area is 167 Å². The lowest BCUT2D eigenvalue weighted by Crippen LogP contribution is -2.43.